The average Bonchev–Trinajstić information content (AvgIpc) is 2.97. The molecular formula is C11H17N5O2. The molecular weight excluding hydrogens is 234 g/mol. The highest BCUT2D eigenvalue weighted by Gasteiger charge is 2.17. The van der Waals surface area contributed by atoms with Crippen molar-refractivity contribution in [3.05, 3.63) is 18.1 Å². The van der Waals surface area contributed by atoms with Crippen LogP contribution in [0.4, 0.5) is 0 Å². The molecule has 0 spiro atoms. The van der Waals surface area contributed by atoms with Gasteiger partial charge in [0.2, 0.25) is 0 Å². The Hall–Kier alpha value is -1.73. The molecule has 1 unspecified atom stereocenters. The maximum atomic E-state index is 5.91. The second-order valence-corrected chi connectivity index (χ2v) is 3.98. The number of hydrogen-bond donors (Lipinski definition) is 1. The first-order chi connectivity index (χ1) is 8.72. The Bertz CT molecular complexity index is 493. The highest BCUT2D eigenvalue weighted by atomic mass is 16.5. The van der Waals surface area contributed by atoms with Crippen molar-refractivity contribution in [3.8, 4) is 11.6 Å². The van der Waals surface area contributed by atoms with Crippen molar-refractivity contribution >= 4 is 0 Å². The Labute approximate surface area is 105 Å². The van der Waals surface area contributed by atoms with Gasteiger partial charge in [0.1, 0.15) is 5.69 Å². The molecule has 0 saturated carbocycles. The second-order valence-electron chi connectivity index (χ2n) is 3.98. The Morgan fingerprint density at radius 1 is 1.56 bits per heavy atom. The van der Waals surface area contributed by atoms with E-state index in [1.807, 2.05) is 14.0 Å². The van der Waals surface area contributed by atoms with Crippen molar-refractivity contribution in [1.82, 2.24) is 19.9 Å². The third kappa shape index (κ3) is 2.74. The molecule has 7 heteroatoms. The summed E-state index contributed by atoms with van der Waals surface area (Å²) in [5.41, 5.74) is 6.67. The molecule has 2 aromatic rings. The minimum absolute atomic E-state index is 0.373. The molecule has 0 aliphatic carbocycles. The summed E-state index contributed by atoms with van der Waals surface area (Å²) < 4.78 is 12.2. The second kappa shape index (κ2) is 5.74. The number of hydrogen-bond acceptors (Lipinski definition) is 6. The average molecular weight is 251 g/mol. The number of nitrogens with two attached hydrogens (primary N) is 1. The summed E-state index contributed by atoms with van der Waals surface area (Å²) in [5, 5.41) is 7.90. The van der Waals surface area contributed by atoms with Crippen LogP contribution >= 0.6 is 0 Å². The summed E-state index contributed by atoms with van der Waals surface area (Å²) >= 11 is 0. The lowest BCUT2D eigenvalue weighted by Gasteiger charge is -2.06. The van der Waals surface area contributed by atoms with E-state index in [1.54, 1.807) is 16.9 Å². The molecule has 98 valence electrons. The molecule has 0 bridgehead atoms. The van der Waals surface area contributed by atoms with Gasteiger partial charge in [0, 0.05) is 19.9 Å². The van der Waals surface area contributed by atoms with Crippen LogP contribution < -0.4 is 5.73 Å². The van der Waals surface area contributed by atoms with Gasteiger partial charge in [0.05, 0.1) is 12.6 Å². The third-order valence-corrected chi connectivity index (χ3v) is 2.46. The zero-order valence-corrected chi connectivity index (χ0v) is 10.5. The quantitative estimate of drug-likeness (QED) is 0.767. The van der Waals surface area contributed by atoms with E-state index in [4.69, 9.17) is 15.0 Å². The first kappa shape index (κ1) is 12.7. The molecule has 0 fully saturated rings. The molecule has 0 radical (unpaired) electrons. The normalized spacial score (nSPS) is 12.8. The fraction of sp³-hybridized carbons (Fsp3) is 0.545. The lowest BCUT2D eigenvalue weighted by atomic mass is 10.3. The van der Waals surface area contributed by atoms with E-state index in [0.29, 0.717) is 24.9 Å². The van der Waals surface area contributed by atoms with Crippen LogP contribution in [-0.4, -0.2) is 33.1 Å². The van der Waals surface area contributed by atoms with Crippen molar-refractivity contribution in [1.29, 1.82) is 0 Å². The first-order valence-corrected chi connectivity index (χ1v) is 5.87. The van der Waals surface area contributed by atoms with Gasteiger partial charge >= 0.3 is 0 Å². The predicted molar refractivity (Wildman–Crippen MR) is 64.5 cm³/mol. The van der Waals surface area contributed by atoms with E-state index >= 15 is 0 Å². The van der Waals surface area contributed by atoms with Crippen LogP contribution in [0, 0.1) is 0 Å². The van der Waals surface area contributed by atoms with Crippen LogP contribution in [0.25, 0.3) is 11.6 Å². The predicted octanol–water partition coefficient (Wildman–Crippen LogP) is 0.896. The van der Waals surface area contributed by atoms with Crippen LogP contribution in [0.15, 0.2) is 16.8 Å². The van der Waals surface area contributed by atoms with Crippen LogP contribution in [-0.2, 0) is 11.8 Å². The van der Waals surface area contributed by atoms with Crippen molar-refractivity contribution < 1.29 is 9.26 Å². The Morgan fingerprint density at radius 2 is 2.39 bits per heavy atom. The molecule has 0 aliphatic heterocycles. The number of nitrogens with zero attached hydrogens (tertiary/aromatic N) is 4. The topological polar surface area (TPSA) is 92.0 Å². The molecule has 2 heterocycles. The summed E-state index contributed by atoms with van der Waals surface area (Å²) in [6, 6.07) is 1.43. The van der Waals surface area contributed by atoms with Gasteiger partial charge in [-0.25, -0.2) is 0 Å². The molecule has 18 heavy (non-hydrogen) atoms. The Balaban J connectivity index is 2.04. The molecule has 0 aromatic carbocycles. The summed E-state index contributed by atoms with van der Waals surface area (Å²) in [7, 11) is 1.81. The molecule has 2 aromatic heterocycles. The maximum Gasteiger partial charge on any atom is 0.276 e. The van der Waals surface area contributed by atoms with E-state index in [2.05, 4.69) is 15.2 Å². The minimum atomic E-state index is -0.373. The van der Waals surface area contributed by atoms with Crippen molar-refractivity contribution in [2.75, 3.05) is 13.2 Å². The van der Waals surface area contributed by atoms with Gasteiger partial charge in [-0.2, -0.15) is 10.1 Å². The number of rotatable bonds is 6. The van der Waals surface area contributed by atoms with E-state index in [-0.39, 0.29) is 6.04 Å². The summed E-state index contributed by atoms with van der Waals surface area (Å²) in [6.45, 7) is 3.11. The van der Waals surface area contributed by atoms with Crippen LogP contribution in [0.2, 0.25) is 0 Å². The van der Waals surface area contributed by atoms with Crippen molar-refractivity contribution in [3.63, 3.8) is 0 Å². The van der Waals surface area contributed by atoms with Gasteiger partial charge in [-0.3, -0.25) is 4.68 Å². The van der Waals surface area contributed by atoms with E-state index < -0.39 is 0 Å². The molecule has 0 saturated heterocycles. The molecule has 7 nitrogen and oxygen atoms in total. The largest absolute Gasteiger partial charge is 0.379 e. The standard InChI is InChI=1S/C11H17N5O2/c1-3-6-17-7-8(12)10-14-11(18-15-10)9-4-5-13-16(9)2/h4-5,8H,3,6-7,12H2,1-2H3. The highest BCUT2D eigenvalue weighted by molar-refractivity contribution is 5.45. The number of aryl methyl sites for hydroxylation is 1. The molecule has 0 aliphatic rings. The summed E-state index contributed by atoms with van der Waals surface area (Å²) in [5.74, 6) is 0.859. The van der Waals surface area contributed by atoms with Gasteiger partial charge in [-0.05, 0) is 12.5 Å². The van der Waals surface area contributed by atoms with E-state index in [9.17, 15) is 0 Å². The molecule has 1 atom stereocenters. The third-order valence-electron chi connectivity index (χ3n) is 2.46. The summed E-state index contributed by atoms with van der Waals surface area (Å²) in [6.07, 6.45) is 2.63. The van der Waals surface area contributed by atoms with E-state index in [1.165, 1.54) is 0 Å². The zero-order valence-electron chi connectivity index (χ0n) is 10.5. The molecule has 2 N–H and O–H groups in total. The lowest BCUT2D eigenvalue weighted by molar-refractivity contribution is 0.119. The number of ether oxygens (including phenoxy) is 1. The van der Waals surface area contributed by atoms with Gasteiger partial charge in [0.15, 0.2) is 5.82 Å². The van der Waals surface area contributed by atoms with E-state index in [0.717, 1.165) is 12.1 Å². The van der Waals surface area contributed by atoms with Gasteiger partial charge < -0.3 is 15.0 Å². The Kier molecular flexibility index (Phi) is 4.06. The SMILES string of the molecule is CCCOCC(N)c1noc(-c2ccnn2C)n1. The van der Waals surface area contributed by atoms with Crippen LogP contribution in [0.3, 0.4) is 0 Å². The Morgan fingerprint density at radius 3 is 3.06 bits per heavy atom. The van der Waals surface area contributed by atoms with Crippen LogP contribution in [0.1, 0.15) is 25.2 Å². The van der Waals surface area contributed by atoms with Crippen molar-refractivity contribution in [2.24, 2.45) is 12.8 Å². The monoisotopic (exact) mass is 251 g/mol. The molecule has 0 amide bonds. The van der Waals surface area contributed by atoms with Gasteiger partial charge in [0.25, 0.3) is 5.89 Å². The lowest BCUT2D eigenvalue weighted by Crippen LogP contribution is -2.18. The summed E-state index contributed by atoms with van der Waals surface area (Å²) in [4.78, 5) is 4.25. The van der Waals surface area contributed by atoms with Gasteiger partial charge in [-0.1, -0.05) is 12.1 Å². The smallest absolute Gasteiger partial charge is 0.276 e. The highest BCUT2D eigenvalue weighted by Crippen LogP contribution is 2.17. The van der Waals surface area contributed by atoms with Crippen molar-refractivity contribution in [2.45, 2.75) is 19.4 Å². The zero-order chi connectivity index (χ0) is 13.0. The number of aromatic nitrogens is 4. The fourth-order valence-corrected chi connectivity index (χ4v) is 1.50. The first-order valence-electron chi connectivity index (χ1n) is 5.87. The molecule has 2 rings (SSSR count). The fourth-order valence-electron chi connectivity index (χ4n) is 1.50. The van der Waals surface area contributed by atoms with Crippen LogP contribution in [0.5, 0.6) is 0 Å². The maximum absolute atomic E-state index is 5.91. The van der Waals surface area contributed by atoms with Gasteiger partial charge in [-0.15, -0.1) is 0 Å². The minimum Gasteiger partial charge on any atom is -0.379 e.